The highest BCUT2D eigenvalue weighted by Gasteiger charge is 2.27. The first kappa shape index (κ1) is 15.6. The Balaban J connectivity index is 1.47. The molecule has 5 nitrogen and oxygen atoms in total. The summed E-state index contributed by atoms with van der Waals surface area (Å²) in [6.07, 6.45) is 6.98. The highest BCUT2D eigenvalue weighted by Crippen LogP contribution is 2.32. The van der Waals surface area contributed by atoms with E-state index in [4.69, 9.17) is 9.47 Å². The Kier molecular flexibility index (Phi) is 5.16. The van der Waals surface area contributed by atoms with Crippen molar-refractivity contribution in [3.8, 4) is 0 Å². The number of hydrogen-bond donors (Lipinski definition) is 1. The first-order valence-corrected chi connectivity index (χ1v) is 8.32. The molecule has 2 aliphatic heterocycles. The Hall–Kier alpha value is -1.33. The summed E-state index contributed by atoms with van der Waals surface area (Å²) >= 11 is 0. The first-order chi connectivity index (χ1) is 10.8. The van der Waals surface area contributed by atoms with Crippen molar-refractivity contribution in [3.63, 3.8) is 0 Å². The van der Waals surface area contributed by atoms with Crippen LogP contribution >= 0.6 is 0 Å². The average Bonchev–Trinajstić information content (AvgIpc) is 3.04. The van der Waals surface area contributed by atoms with Crippen LogP contribution in [0.2, 0.25) is 0 Å². The van der Waals surface area contributed by atoms with Crippen molar-refractivity contribution >= 4 is 5.97 Å². The van der Waals surface area contributed by atoms with Gasteiger partial charge in [0.15, 0.2) is 0 Å². The van der Waals surface area contributed by atoms with Gasteiger partial charge in [0.1, 0.15) is 5.69 Å². The molecule has 2 saturated heterocycles. The lowest BCUT2D eigenvalue weighted by molar-refractivity contribution is 0.0296. The van der Waals surface area contributed by atoms with E-state index in [-0.39, 0.29) is 5.97 Å². The molecule has 3 heterocycles. The van der Waals surface area contributed by atoms with Crippen molar-refractivity contribution in [2.24, 2.45) is 11.8 Å². The smallest absolute Gasteiger partial charge is 0.354 e. The van der Waals surface area contributed by atoms with Crippen molar-refractivity contribution in [1.82, 2.24) is 9.88 Å². The molecule has 0 aliphatic carbocycles. The SMILES string of the molecule is COC(=O)c1cc(CN2CCC(C3CCOCC3)CC2)c[nH]1. The van der Waals surface area contributed by atoms with Crippen LogP contribution in [0.4, 0.5) is 0 Å². The van der Waals surface area contributed by atoms with Crippen LogP contribution in [0.15, 0.2) is 12.3 Å². The molecule has 0 saturated carbocycles. The van der Waals surface area contributed by atoms with Gasteiger partial charge in [-0.2, -0.15) is 0 Å². The van der Waals surface area contributed by atoms with Gasteiger partial charge in [0.05, 0.1) is 7.11 Å². The largest absolute Gasteiger partial charge is 0.464 e. The number of rotatable bonds is 4. The van der Waals surface area contributed by atoms with E-state index >= 15 is 0 Å². The summed E-state index contributed by atoms with van der Waals surface area (Å²) < 4.78 is 10.2. The van der Waals surface area contributed by atoms with Gasteiger partial charge in [-0.15, -0.1) is 0 Å². The lowest BCUT2D eigenvalue weighted by Crippen LogP contribution is -2.37. The third kappa shape index (κ3) is 3.70. The number of nitrogens with zero attached hydrogens (tertiary/aromatic N) is 1. The van der Waals surface area contributed by atoms with Crippen LogP contribution in [-0.2, 0) is 16.0 Å². The van der Waals surface area contributed by atoms with Gasteiger partial charge in [0.25, 0.3) is 0 Å². The molecule has 0 spiro atoms. The Labute approximate surface area is 132 Å². The summed E-state index contributed by atoms with van der Waals surface area (Å²) in [5, 5.41) is 0. The third-order valence-corrected chi connectivity index (χ3v) is 5.12. The van der Waals surface area contributed by atoms with E-state index in [1.165, 1.54) is 32.8 Å². The lowest BCUT2D eigenvalue weighted by atomic mass is 9.80. The molecule has 22 heavy (non-hydrogen) atoms. The van der Waals surface area contributed by atoms with Crippen LogP contribution in [0.1, 0.15) is 41.7 Å². The molecule has 0 atom stereocenters. The monoisotopic (exact) mass is 306 g/mol. The number of likely N-dealkylation sites (tertiary alicyclic amines) is 1. The zero-order valence-electron chi connectivity index (χ0n) is 13.3. The molecule has 0 bridgehead atoms. The van der Waals surface area contributed by atoms with Gasteiger partial charge in [-0.05, 0) is 62.2 Å². The van der Waals surface area contributed by atoms with Gasteiger partial charge in [-0.3, -0.25) is 4.90 Å². The predicted octanol–water partition coefficient (Wildman–Crippen LogP) is 2.44. The summed E-state index contributed by atoms with van der Waals surface area (Å²) in [7, 11) is 1.41. The molecule has 5 heteroatoms. The molecular weight excluding hydrogens is 280 g/mol. The third-order valence-electron chi connectivity index (χ3n) is 5.12. The van der Waals surface area contributed by atoms with Crippen molar-refractivity contribution < 1.29 is 14.3 Å². The van der Waals surface area contributed by atoms with Gasteiger partial charge >= 0.3 is 5.97 Å². The molecule has 0 amide bonds. The van der Waals surface area contributed by atoms with Crippen LogP contribution in [0.25, 0.3) is 0 Å². The second kappa shape index (κ2) is 7.29. The minimum atomic E-state index is -0.301. The van der Waals surface area contributed by atoms with Gasteiger partial charge < -0.3 is 14.5 Å². The maximum atomic E-state index is 11.5. The Morgan fingerprint density at radius 1 is 1.27 bits per heavy atom. The number of carbonyl (C=O) groups excluding carboxylic acids is 1. The second-order valence-corrected chi connectivity index (χ2v) is 6.48. The number of piperidine rings is 1. The van der Waals surface area contributed by atoms with E-state index in [0.717, 1.165) is 50.2 Å². The molecule has 1 aromatic rings. The maximum Gasteiger partial charge on any atom is 0.354 e. The van der Waals surface area contributed by atoms with Crippen molar-refractivity contribution in [2.45, 2.75) is 32.2 Å². The number of esters is 1. The number of hydrogen-bond acceptors (Lipinski definition) is 4. The maximum absolute atomic E-state index is 11.5. The molecule has 0 aromatic carbocycles. The summed E-state index contributed by atoms with van der Waals surface area (Å²) in [6.45, 7) is 5.12. The molecule has 0 radical (unpaired) electrons. The zero-order valence-corrected chi connectivity index (χ0v) is 13.3. The topological polar surface area (TPSA) is 54.6 Å². The van der Waals surface area contributed by atoms with Crippen LogP contribution < -0.4 is 0 Å². The van der Waals surface area contributed by atoms with Crippen LogP contribution in [0, 0.1) is 11.8 Å². The van der Waals surface area contributed by atoms with Crippen LogP contribution in [-0.4, -0.2) is 49.3 Å². The lowest BCUT2D eigenvalue weighted by Gasteiger charge is -2.37. The Bertz CT molecular complexity index is 486. The quantitative estimate of drug-likeness (QED) is 0.868. The predicted molar refractivity (Wildman–Crippen MR) is 83.7 cm³/mol. The Morgan fingerprint density at radius 3 is 2.64 bits per heavy atom. The van der Waals surface area contributed by atoms with Gasteiger partial charge in [0, 0.05) is 26.0 Å². The normalized spacial score (nSPS) is 21.9. The molecule has 1 aromatic heterocycles. The second-order valence-electron chi connectivity index (χ2n) is 6.48. The standard InChI is InChI=1S/C17H26N2O3/c1-21-17(20)16-10-13(11-18-16)12-19-6-2-14(3-7-19)15-4-8-22-9-5-15/h10-11,14-15,18H,2-9,12H2,1H3. The van der Waals surface area contributed by atoms with Crippen molar-refractivity contribution in [2.75, 3.05) is 33.4 Å². The summed E-state index contributed by atoms with van der Waals surface area (Å²) in [4.78, 5) is 16.9. The summed E-state index contributed by atoms with van der Waals surface area (Å²) in [5.41, 5.74) is 1.69. The Morgan fingerprint density at radius 2 is 1.95 bits per heavy atom. The molecule has 2 aliphatic rings. The fraction of sp³-hybridized carbons (Fsp3) is 0.706. The van der Waals surface area contributed by atoms with Gasteiger partial charge in [-0.25, -0.2) is 4.79 Å². The number of nitrogens with one attached hydrogen (secondary N) is 1. The van der Waals surface area contributed by atoms with E-state index < -0.39 is 0 Å². The molecule has 2 fully saturated rings. The van der Waals surface area contributed by atoms with Crippen LogP contribution in [0.3, 0.4) is 0 Å². The van der Waals surface area contributed by atoms with Crippen molar-refractivity contribution in [1.29, 1.82) is 0 Å². The number of aromatic amines is 1. The number of aromatic nitrogens is 1. The highest BCUT2D eigenvalue weighted by atomic mass is 16.5. The minimum Gasteiger partial charge on any atom is -0.464 e. The summed E-state index contributed by atoms with van der Waals surface area (Å²) in [6, 6.07) is 1.90. The number of carbonyl (C=O) groups is 1. The minimum absolute atomic E-state index is 0.301. The zero-order chi connectivity index (χ0) is 15.4. The number of methoxy groups -OCH3 is 1. The fourth-order valence-corrected chi connectivity index (χ4v) is 3.79. The molecule has 122 valence electrons. The van der Waals surface area contributed by atoms with E-state index in [9.17, 15) is 4.79 Å². The molecular formula is C17H26N2O3. The van der Waals surface area contributed by atoms with E-state index in [1.54, 1.807) is 0 Å². The van der Waals surface area contributed by atoms with Gasteiger partial charge in [-0.1, -0.05) is 0 Å². The fourth-order valence-electron chi connectivity index (χ4n) is 3.79. The van der Waals surface area contributed by atoms with E-state index in [0.29, 0.717) is 5.69 Å². The average molecular weight is 306 g/mol. The summed E-state index contributed by atoms with van der Waals surface area (Å²) in [5.74, 6) is 1.44. The van der Waals surface area contributed by atoms with E-state index in [2.05, 4.69) is 9.88 Å². The molecule has 3 rings (SSSR count). The van der Waals surface area contributed by atoms with Crippen LogP contribution in [0.5, 0.6) is 0 Å². The van der Waals surface area contributed by atoms with E-state index in [1.807, 2.05) is 12.3 Å². The molecule has 0 unspecified atom stereocenters. The molecule has 1 N–H and O–H groups in total. The van der Waals surface area contributed by atoms with Gasteiger partial charge in [0.2, 0.25) is 0 Å². The number of H-pyrrole nitrogens is 1. The number of ether oxygens (including phenoxy) is 2. The first-order valence-electron chi connectivity index (χ1n) is 8.32. The van der Waals surface area contributed by atoms with Crippen molar-refractivity contribution in [3.05, 3.63) is 23.5 Å². The highest BCUT2D eigenvalue weighted by molar-refractivity contribution is 5.87.